The third-order valence-electron chi connectivity index (χ3n) is 3.51. The van der Waals surface area contributed by atoms with Gasteiger partial charge in [-0.3, -0.25) is 0 Å². The third kappa shape index (κ3) is 3.99. The fraction of sp³-hybridized carbons (Fsp3) is 0.533. The highest BCUT2D eigenvalue weighted by atomic mass is 19.2. The van der Waals surface area contributed by atoms with Gasteiger partial charge in [0.05, 0.1) is 24.7 Å². The number of hydrogen-bond donors (Lipinski definition) is 2. The van der Waals surface area contributed by atoms with Gasteiger partial charge in [-0.2, -0.15) is 4.39 Å². The molecule has 1 atom stereocenters. The lowest BCUT2D eigenvalue weighted by Gasteiger charge is -2.10. The first-order valence-electron chi connectivity index (χ1n) is 7.39. The zero-order chi connectivity index (χ0) is 17.7. The van der Waals surface area contributed by atoms with Gasteiger partial charge in [0.15, 0.2) is 17.9 Å². The number of hydrogen-bond acceptors (Lipinski definition) is 7. The molecule has 0 aliphatic carbocycles. The number of aliphatic hydroxyl groups is 1. The average molecular weight is 346 g/mol. The molecule has 2 heterocycles. The summed E-state index contributed by atoms with van der Waals surface area (Å²) in [7, 11) is 1.64. The third-order valence-corrected chi connectivity index (χ3v) is 3.51. The molecule has 3 rings (SSSR count). The number of aliphatic hydroxyl groups excluding tert-OH is 1. The minimum absolute atomic E-state index is 0.00172. The predicted octanol–water partition coefficient (Wildman–Crippen LogP) is 2.14. The molecule has 1 aromatic carbocycles. The molecule has 1 aromatic heterocycles. The molecule has 7 nitrogen and oxygen atoms in total. The Morgan fingerprint density at radius 1 is 1.38 bits per heavy atom. The van der Waals surface area contributed by atoms with Crippen LogP contribution in [0, 0.1) is 11.6 Å². The first-order valence-corrected chi connectivity index (χ1v) is 7.39. The predicted molar refractivity (Wildman–Crippen MR) is 81.2 cm³/mol. The van der Waals surface area contributed by atoms with Crippen molar-refractivity contribution in [1.29, 1.82) is 0 Å². The second-order valence-electron chi connectivity index (χ2n) is 5.17. The molecule has 1 aliphatic rings. The molecule has 24 heavy (non-hydrogen) atoms. The van der Waals surface area contributed by atoms with Crippen molar-refractivity contribution in [3.8, 4) is 0 Å². The van der Waals surface area contributed by atoms with E-state index in [4.69, 9.17) is 25.1 Å². The summed E-state index contributed by atoms with van der Waals surface area (Å²) in [5, 5.41) is 11.9. The number of rotatable bonds is 4. The van der Waals surface area contributed by atoms with E-state index in [1.165, 1.54) is 6.07 Å². The van der Waals surface area contributed by atoms with Crippen LogP contribution in [0.4, 0.5) is 14.6 Å². The van der Waals surface area contributed by atoms with Gasteiger partial charge in [-0.05, 0) is 19.4 Å². The summed E-state index contributed by atoms with van der Waals surface area (Å²) in [4.78, 5) is 0. The van der Waals surface area contributed by atoms with E-state index in [0.717, 1.165) is 6.42 Å². The van der Waals surface area contributed by atoms with E-state index in [2.05, 4.69) is 9.68 Å². The van der Waals surface area contributed by atoms with E-state index >= 15 is 0 Å². The second-order valence-corrected chi connectivity index (χ2v) is 5.17. The Kier molecular flexibility index (Phi) is 6.44. The average Bonchev–Trinajstić information content (AvgIpc) is 3.22. The van der Waals surface area contributed by atoms with E-state index in [-0.39, 0.29) is 35.1 Å². The van der Waals surface area contributed by atoms with Crippen molar-refractivity contribution in [3.05, 3.63) is 23.3 Å². The van der Waals surface area contributed by atoms with Crippen molar-refractivity contribution in [2.75, 3.05) is 32.7 Å². The molecule has 9 heteroatoms. The van der Waals surface area contributed by atoms with Gasteiger partial charge in [0.25, 0.3) is 0 Å². The van der Waals surface area contributed by atoms with Crippen LogP contribution in [-0.2, 0) is 14.2 Å². The molecule has 0 radical (unpaired) electrons. The number of aromatic nitrogens is 1. The summed E-state index contributed by atoms with van der Waals surface area (Å²) in [5.41, 5.74) is 5.14. The Morgan fingerprint density at radius 3 is 2.58 bits per heavy atom. The van der Waals surface area contributed by atoms with Gasteiger partial charge in [-0.25, -0.2) is 4.39 Å². The van der Waals surface area contributed by atoms with Crippen molar-refractivity contribution < 1.29 is 32.6 Å². The van der Waals surface area contributed by atoms with Gasteiger partial charge >= 0.3 is 0 Å². The summed E-state index contributed by atoms with van der Waals surface area (Å²) in [6, 6.07) is 1.33. The highest BCUT2D eigenvalue weighted by molar-refractivity contribution is 5.88. The largest absolute Gasteiger partial charge is 0.396 e. The van der Waals surface area contributed by atoms with Crippen molar-refractivity contribution in [3.63, 3.8) is 0 Å². The Hall–Kier alpha value is -1.81. The lowest BCUT2D eigenvalue weighted by Crippen LogP contribution is -2.05. The van der Waals surface area contributed by atoms with Gasteiger partial charge in [0.1, 0.15) is 0 Å². The molecular formula is C15H20F2N2O5. The van der Waals surface area contributed by atoms with Gasteiger partial charge < -0.3 is 29.6 Å². The van der Waals surface area contributed by atoms with Gasteiger partial charge in [-0.1, -0.05) is 5.16 Å². The van der Waals surface area contributed by atoms with Crippen molar-refractivity contribution >= 4 is 16.8 Å². The van der Waals surface area contributed by atoms with Crippen LogP contribution in [0.5, 0.6) is 0 Å². The number of halogens is 2. The number of fused-ring (bicyclic) bond motifs is 1. The monoisotopic (exact) mass is 346 g/mol. The van der Waals surface area contributed by atoms with E-state index in [0.29, 0.717) is 13.2 Å². The molecule has 1 aliphatic heterocycles. The van der Waals surface area contributed by atoms with Crippen LogP contribution < -0.4 is 5.73 Å². The Labute approximate surface area is 137 Å². The molecule has 3 N–H and O–H groups in total. The lowest BCUT2D eigenvalue weighted by atomic mass is 10.1. The zero-order valence-electron chi connectivity index (χ0n) is 13.4. The normalized spacial score (nSPS) is 16.2. The van der Waals surface area contributed by atoms with E-state index < -0.39 is 17.9 Å². The number of anilines is 1. The molecule has 0 unspecified atom stereocenters. The van der Waals surface area contributed by atoms with Crippen LogP contribution in [0.3, 0.4) is 0 Å². The van der Waals surface area contributed by atoms with Crippen LogP contribution in [0.2, 0.25) is 0 Å². The zero-order valence-corrected chi connectivity index (χ0v) is 13.4. The van der Waals surface area contributed by atoms with Gasteiger partial charge in [-0.15, -0.1) is 0 Å². The molecule has 2 aromatic rings. The molecule has 134 valence electrons. The summed E-state index contributed by atoms with van der Waals surface area (Å²) in [5.74, 6) is -2.21. The summed E-state index contributed by atoms with van der Waals surface area (Å²) >= 11 is 0. The first-order chi connectivity index (χ1) is 11.5. The SMILES string of the molecule is CO[C@H](C)CCO.Nc1noc2c(F)c(F)c(C3OCCO3)cc12. The highest BCUT2D eigenvalue weighted by Gasteiger charge is 2.27. The molecule has 1 saturated heterocycles. The molecule has 0 amide bonds. The number of benzene rings is 1. The Bertz CT molecular complexity index is 673. The minimum Gasteiger partial charge on any atom is -0.396 e. The van der Waals surface area contributed by atoms with E-state index in [1.54, 1.807) is 7.11 Å². The number of nitrogens with zero attached hydrogens (tertiary/aromatic N) is 1. The van der Waals surface area contributed by atoms with Crippen LogP contribution in [-0.4, -0.2) is 43.3 Å². The fourth-order valence-corrected chi connectivity index (χ4v) is 2.06. The highest BCUT2D eigenvalue weighted by Crippen LogP contribution is 2.33. The standard InChI is InChI=1S/C10H8F2N2O3.C5H12O2/c11-6-4(10-15-1-2-16-10)3-5-8(7(6)12)17-14-9(5)13;1-5(7-2)3-4-6/h3,10H,1-2H2,(H2,13,14);5-6H,3-4H2,1-2H3/t;5-/m.1/s1. The van der Waals surface area contributed by atoms with Crippen LogP contribution >= 0.6 is 0 Å². The topological polar surface area (TPSA) is 100.0 Å². The maximum absolute atomic E-state index is 13.7. The Balaban J connectivity index is 0.000000256. The van der Waals surface area contributed by atoms with E-state index in [9.17, 15) is 8.78 Å². The quantitative estimate of drug-likeness (QED) is 0.875. The van der Waals surface area contributed by atoms with Gasteiger partial charge in [0.2, 0.25) is 11.4 Å². The maximum Gasteiger partial charge on any atom is 0.207 e. The van der Waals surface area contributed by atoms with Crippen LogP contribution in [0.25, 0.3) is 11.0 Å². The molecule has 1 fully saturated rings. The molecule has 0 spiro atoms. The lowest BCUT2D eigenvalue weighted by molar-refractivity contribution is -0.0467. The Morgan fingerprint density at radius 2 is 2.04 bits per heavy atom. The van der Waals surface area contributed by atoms with E-state index in [1.807, 2.05) is 6.92 Å². The van der Waals surface area contributed by atoms with Crippen molar-refractivity contribution in [2.45, 2.75) is 25.7 Å². The van der Waals surface area contributed by atoms with Crippen molar-refractivity contribution in [1.82, 2.24) is 5.16 Å². The number of nitrogen functional groups attached to an aromatic ring is 1. The smallest absolute Gasteiger partial charge is 0.207 e. The van der Waals surface area contributed by atoms with Crippen LogP contribution in [0.15, 0.2) is 10.6 Å². The first kappa shape index (κ1) is 18.5. The molecule has 0 bridgehead atoms. The summed E-state index contributed by atoms with van der Waals surface area (Å²) in [6.45, 7) is 2.82. The van der Waals surface area contributed by atoms with Crippen molar-refractivity contribution in [2.24, 2.45) is 0 Å². The summed E-state index contributed by atoms with van der Waals surface area (Å²) < 4.78 is 47.1. The summed E-state index contributed by atoms with van der Waals surface area (Å²) in [6.07, 6.45) is 0.0180. The van der Waals surface area contributed by atoms with Crippen LogP contribution in [0.1, 0.15) is 25.2 Å². The second kappa shape index (κ2) is 8.34. The number of ether oxygens (including phenoxy) is 3. The van der Waals surface area contributed by atoms with Gasteiger partial charge in [0, 0.05) is 19.3 Å². The number of methoxy groups -OCH3 is 1. The fourth-order valence-electron chi connectivity index (χ4n) is 2.06. The number of nitrogens with two attached hydrogens (primary N) is 1. The molecular weight excluding hydrogens is 326 g/mol. The molecule has 0 saturated carbocycles. The minimum atomic E-state index is -1.14. The maximum atomic E-state index is 13.7.